The second-order valence-electron chi connectivity index (χ2n) is 5.01. The van der Waals surface area contributed by atoms with Crippen molar-refractivity contribution in [3.8, 4) is 5.75 Å². The highest BCUT2D eigenvalue weighted by molar-refractivity contribution is 5.85. The lowest BCUT2D eigenvalue weighted by Gasteiger charge is -2.11. The molecule has 0 saturated carbocycles. The van der Waals surface area contributed by atoms with E-state index < -0.39 is 0 Å². The molecule has 0 unspecified atom stereocenters. The van der Waals surface area contributed by atoms with Crippen molar-refractivity contribution >= 4 is 12.2 Å². The normalized spacial score (nSPS) is 10.6. The van der Waals surface area contributed by atoms with E-state index in [1.54, 1.807) is 6.21 Å². The lowest BCUT2D eigenvalue weighted by molar-refractivity contribution is 0.306. The minimum Gasteiger partial charge on any atom is -0.489 e. The van der Waals surface area contributed by atoms with Gasteiger partial charge in [-0.1, -0.05) is 30.3 Å². The van der Waals surface area contributed by atoms with Crippen molar-refractivity contribution in [1.29, 1.82) is 0 Å². The number of hydrogen-bond acceptors (Lipinski definition) is 3. The maximum atomic E-state index is 5.84. The molecule has 0 bridgehead atoms. The molecule has 5 nitrogen and oxygen atoms in total. The van der Waals surface area contributed by atoms with Gasteiger partial charge in [0.1, 0.15) is 12.4 Å². The zero-order valence-electron chi connectivity index (χ0n) is 12.8. The number of guanidine groups is 1. The standard InChI is InChI=1S/C17H20N4O/c1-12-8-15(22-11-14-6-4-3-5-7-14)9-13(2)16(12)10-20-21-17(18)19/h3-10H,11H2,1-2H3,(H4,18,19,21). The molecule has 0 radical (unpaired) electrons. The number of nitrogens with two attached hydrogens (primary N) is 2. The van der Waals surface area contributed by atoms with Crippen molar-refractivity contribution in [2.75, 3.05) is 0 Å². The lowest BCUT2D eigenvalue weighted by Crippen LogP contribution is -2.21. The summed E-state index contributed by atoms with van der Waals surface area (Å²) in [5.41, 5.74) is 14.7. The van der Waals surface area contributed by atoms with Crippen LogP contribution in [-0.2, 0) is 6.61 Å². The number of rotatable bonds is 5. The number of nitrogens with zero attached hydrogens (tertiary/aromatic N) is 2. The first-order valence-corrected chi connectivity index (χ1v) is 6.96. The Hall–Kier alpha value is -2.82. The van der Waals surface area contributed by atoms with Gasteiger partial charge in [-0.25, -0.2) is 0 Å². The number of aryl methyl sites for hydroxylation is 2. The molecule has 5 heteroatoms. The molecule has 2 aromatic rings. The molecule has 0 aliphatic heterocycles. The number of hydrogen-bond donors (Lipinski definition) is 2. The summed E-state index contributed by atoms with van der Waals surface area (Å²) >= 11 is 0. The second-order valence-corrected chi connectivity index (χ2v) is 5.01. The second kappa shape index (κ2) is 7.26. The minimum atomic E-state index is -0.0608. The Morgan fingerprint density at radius 2 is 1.73 bits per heavy atom. The molecule has 0 aromatic heterocycles. The fraction of sp³-hybridized carbons (Fsp3) is 0.176. The Labute approximate surface area is 130 Å². The van der Waals surface area contributed by atoms with Crippen LogP contribution < -0.4 is 16.2 Å². The number of ether oxygens (including phenoxy) is 1. The Bertz CT molecular complexity index is 666. The Morgan fingerprint density at radius 3 is 2.32 bits per heavy atom. The Kier molecular flexibility index (Phi) is 5.14. The molecule has 0 aliphatic rings. The van der Waals surface area contributed by atoms with E-state index in [1.807, 2.05) is 56.3 Å². The summed E-state index contributed by atoms with van der Waals surface area (Å²) in [5, 5.41) is 7.47. The molecule has 0 spiro atoms. The van der Waals surface area contributed by atoms with E-state index in [1.165, 1.54) is 0 Å². The average molecular weight is 296 g/mol. The third-order valence-corrected chi connectivity index (χ3v) is 3.18. The van der Waals surface area contributed by atoms with Crippen LogP contribution in [0.15, 0.2) is 52.7 Å². The van der Waals surface area contributed by atoms with Gasteiger partial charge >= 0.3 is 0 Å². The summed E-state index contributed by atoms with van der Waals surface area (Å²) in [7, 11) is 0. The highest BCUT2D eigenvalue weighted by Crippen LogP contribution is 2.21. The van der Waals surface area contributed by atoms with Gasteiger partial charge in [0, 0.05) is 5.56 Å². The predicted molar refractivity (Wildman–Crippen MR) is 90.1 cm³/mol. The zero-order chi connectivity index (χ0) is 15.9. The summed E-state index contributed by atoms with van der Waals surface area (Å²) in [6.45, 7) is 4.54. The lowest BCUT2D eigenvalue weighted by atomic mass is 10.0. The van der Waals surface area contributed by atoms with Crippen LogP contribution in [0.5, 0.6) is 5.75 Å². The van der Waals surface area contributed by atoms with Crippen LogP contribution in [0.1, 0.15) is 22.3 Å². The molecule has 0 atom stereocenters. The molecule has 0 aliphatic carbocycles. The molecular weight excluding hydrogens is 276 g/mol. The highest BCUT2D eigenvalue weighted by Gasteiger charge is 2.04. The summed E-state index contributed by atoms with van der Waals surface area (Å²) in [6, 6.07) is 14.0. The smallest absolute Gasteiger partial charge is 0.211 e. The van der Waals surface area contributed by atoms with Crippen molar-refractivity contribution in [2.45, 2.75) is 20.5 Å². The van der Waals surface area contributed by atoms with Crippen LogP contribution in [0.2, 0.25) is 0 Å². The van der Waals surface area contributed by atoms with Crippen molar-refractivity contribution < 1.29 is 4.74 Å². The van der Waals surface area contributed by atoms with Crippen LogP contribution >= 0.6 is 0 Å². The third-order valence-electron chi connectivity index (χ3n) is 3.18. The van der Waals surface area contributed by atoms with Crippen LogP contribution in [0.3, 0.4) is 0 Å². The first-order chi connectivity index (χ1) is 10.6. The van der Waals surface area contributed by atoms with Gasteiger partial charge in [0.2, 0.25) is 5.96 Å². The quantitative estimate of drug-likeness (QED) is 0.505. The number of benzene rings is 2. The Balaban J connectivity index is 2.12. The fourth-order valence-electron chi connectivity index (χ4n) is 2.12. The van der Waals surface area contributed by atoms with E-state index in [-0.39, 0.29) is 5.96 Å². The van der Waals surface area contributed by atoms with Gasteiger partial charge in [0.15, 0.2) is 0 Å². The maximum Gasteiger partial charge on any atom is 0.211 e. The van der Waals surface area contributed by atoms with Crippen LogP contribution in [0.25, 0.3) is 0 Å². The predicted octanol–water partition coefficient (Wildman–Crippen LogP) is 2.49. The molecule has 2 rings (SSSR count). The highest BCUT2D eigenvalue weighted by atomic mass is 16.5. The van der Waals surface area contributed by atoms with E-state index in [9.17, 15) is 0 Å². The molecule has 4 N–H and O–H groups in total. The van der Waals surface area contributed by atoms with Gasteiger partial charge in [0.05, 0.1) is 6.21 Å². The van der Waals surface area contributed by atoms with E-state index in [2.05, 4.69) is 10.2 Å². The van der Waals surface area contributed by atoms with Crippen molar-refractivity contribution in [3.63, 3.8) is 0 Å². The largest absolute Gasteiger partial charge is 0.489 e. The monoisotopic (exact) mass is 296 g/mol. The van der Waals surface area contributed by atoms with Gasteiger partial charge in [-0.2, -0.15) is 5.10 Å². The molecular formula is C17H20N4O. The first kappa shape index (κ1) is 15.6. The van der Waals surface area contributed by atoms with Crippen LogP contribution in [0.4, 0.5) is 0 Å². The van der Waals surface area contributed by atoms with Gasteiger partial charge in [-0.3, -0.25) is 0 Å². The van der Waals surface area contributed by atoms with Gasteiger partial charge in [-0.05, 0) is 42.7 Å². The van der Waals surface area contributed by atoms with Gasteiger partial charge < -0.3 is 16.2 Å². The summed E-state index contributed by atoms with van der Waals surface area (Å²) < 4.78 is 5.84. The molecule has 0 saturated heterocycles. The van der Waals surface area contributed by atoms with E-state index >= 15 is 0 Å². The Morgan fingerprint density at radius 1 is 1.09 bits per heavy atom. The SMILES string of the molecule is Cc1cc(OCc2ccccc2)cc(C)c1C=NN=C(N)N. The molecule has 2 aromatic carbocycles. The first-order valence-electron chi connectivity index (χ1n) is 6.96. The molecule has 0 heterocycles. The van der Waals surface area contributed by atoms with Gasteiger partial charge in [-0.15, -0.1) is 5.10 Å². The van der Waals surface area contributed by atoms with E-state index in [0.29, 0.717) is 6.61 Å². The molecule has 22 heavy (non-hydrogen) atoms. The molecule has 0 fully saturated rings. The summed E-state index contributed by atoms with van der Waals surface area (Å²) in [4.78, 5) is 0. The van der Waals surface area contributed by atoms with Crippen LogP contribution in [-0.4, -0.2) is 12.2 Å². The van der Waals surface area contributed by atoms with Crippen molar-refractivity contribution in [3.05, 3.63) is 64.7 Å². The van der Waals surface area contributed by atoms with E-state index in [4.69, 9.17) is 16.2 Å². The van der Waals surface area contributed by atoms with Crippen molar-refractivity contribution in [2.24, 2.45) is 21.7 Å². The zero-order valence-corrected chi connectivity index (χ0v) is 12.8. The molecule has 0 amide bonds. The third kappa shape index (κ3) is 4.34. The summed E-state index contributed by atoms with van der Waals surface area (Å²) in [6.07, 6.45) is 1.64. The van der Waals surface area contributed by atoms with Crippen LogP contribution in [0, 0.1) is 13.8 Å². The van der Waals surface area contributed by atoms with Crippen molar-refractivity contribution in [1.82, 2.24) is 0 Å². The molecule has 114 valence electrons. The van der Waals surface area contributed by atoms with E-state index in [0.717, 1.165) is 28.0 Å². The average Bonchev–Trinajstić information content (AvgIpc) is 2.49. The topological polar surface area (TPSA) is 86.0 Å². The fourth-order valence-corrected chi connectivity index (χ4v) is 2.12. The maximum absolute atomic E-state index is 5.84. The minimum absolute atomic E-state index is 0.0608. The summed E-state index contributed by atoms with van der Waals surface area (Å²) in [5.74, 6) is 0.771. The van der Waals surface area contributed by atoms with Gasteiger partial charge in [0.25, 0.3) is 0 Å².